The predicted molar refractivity (Wildman–Crippen MR) is 80.8 cm³/mol. The van der Waals surface area contributed by atoms with Gasteiger partial charge in [0.05, 0.1) is 10.5 Å². The van der Waals surface area contributed by atoms with Crippen molar-refractivity contribution < 1.29 is 9.72 Å². The number of hydrogen-bond donors (Lipinski definition) is 1. The Morgan fingerprint density at radius 2 is 2.20 bits per heavy atom. The molecule has 1 fully saturated rings. The quantitative estimate of drug-likeness (QED) is 0.681. The molecule has 112 valence electrons. The van der Waals surface area contributed by atoms with Crippen molar-refractivity contribution in [3.63, 3.8) is 0 Å². The van der Waals surface area contributed by atoms with E-state index in [9.17, 15) is 14.9 Å². The number of rotatable bonds is 4. The monoisotopic (exact) mass is 319 g/mol. The van der Waals surface area contributed by atoms with Crippen molar-refractivity contribution in [3.05, 3.63) is 27.1 Å². The second-order valence-corrected chi connectivity index (χ2v) is 5.61. The van der Waals surface area contributed by atoms with Gasteiger partial charge >= 0.3 is 5.00 Å². The van der Waals surface area contributed by atoms with Crippen molar-refractivity contribution in [1.82, 2.24) is 10.2 Å². The molecule has 0 atom stereocenters. The summed E-state index contributed by atoms with van der Waals surface area (Å²) in [5.41, 5.74) is 0.434. The Hall–Kier alpha value is -1.18. The van der Waals surface area contributed by atoms with Crippen LogP contribution in [-0.2, 0) is 0 Å². The summed E-state index contributed by atoms with van der Waals surface area (Å²) in [4.78, 5) is 24.1. The van der Waals surface area contributed by atoms with Crippen LogP contribution in [0, 0.1) is 16.0 Å². The number of nitrogens with one attached hydrogen (secondary N) is 1. The van der Waals surface area contributed by atoms with E-state index in [4.69, 9.17) is 0 Å². The topological polar surface area (TPSA) is 75.5 Å². The van der Waals surface area contributed by atoms with E-state index in [1.807, 2.05) is 7.05 Å². The van der Waals surface area contributed by atoms with Gasteiger partial charge in [0.1, 0.15) is 0 Å². The van der Waals surface area contributed by atoms with Gasteiger partial charge in [0.15, 0.2) is 0 Å². The van der Waals surface area contributed by atoms with Crippen LogP contribution < -0.4 is 5.32 Å². The molecule has 6 nitrogen and oxygen atoms in total. The number of piperidine rings is 1. The summed E-state index contributed by atoms with van der Waals surface area (Å²) in [5, 5.41) is 15.4. The van der Waals surface area contributed by atoms with Crippen LogP contribution in [0.15, 0.2) is 11.4 Å². The molecule has 0 aromatic carbocycles. The van der Waals surface area contributed by atoms with Crippen LogP contribution in [-0.4, -0.2) is 42.4 Å². The Morgan fingerprint density at radius 3 is 2.70 bits per heavy atom. The second kappa shape index (κ2) is 7.56. The Labute approximate surface area is 127 Å². The fourth-order valence-corrected chi connectivity index (χ4v) is 3.04. The zero-order valence-electron chi connectivity index (χ0n) is 11.2. The lowest BCUT2D eigenvalue weighted by Gasteiger charge is -2.31. The molecule has 0 bridgehead atoms. The predicted octanol–water partition coefficient (Wildman–Crippen LogP) is 2.15. The van der Waals surface area contributed by atoms with Crippen LogP contribution in [0.2, 0.25) is 0 Å². The fourth-order valence-electron chi connectivity index (χ4n) is 2.34. The third kappa shape index (κ3) is 3.91. The second-order valence-electron chi connectivity index (χ2n) is 4.72. The number of carbonyl (C=O) groups is 1. The molecule has 2 rings (SSSR count). The lowest BCUT2D eigenvalue weighted by Crippen LogP contribution is -2.40. The summed E-state index contributed by atoms with van der Waals surface area (Å²) < 4.78 is 0. The maximum Gasteiger partial charge on any atom is 0.324 e. The van der Waals surface area contributed by atoms with E-state index < -0.39 is 4.92 Å². The Balaban J connectivity index is 0.00000200. The van der Waals surface area contributed by atoms with Gasteiger partial charge in [-0.3, -0.25) is 14.9 Å². The zero-order valence-corrected chi connectivity index (χ0v) is 12.8. The van der Waals surface area contributed by atoms with Crippen molar-refractivity contribution in [1.29, 1.82) is 0 Å². The summed E-state index contributed by atoms with van der Waals surface area (Å²) in [5.74, 6) is 0.526. The highest BCUT2D eigenvalue weighted by atomic mass is 35.5. The number of amides is 1. The van der Waals surface area contributed by atoms with Gasteiger partial charge in [-0.15, -0.1) is 12.4 Å². The number of nitro groups is 1. The number of nitrogens with zero attached hydrogens (tertiary/aromatic N) is 2. The molecular weight excluding hydrogens is 302 g/mol. The fraction of sp³-hybridized carbons (Fsp3) is 0.583. The molecule has 2 heterocycles. The highest BCUT2D eigenvalue weighted by Crippen LogP contribution is 2.25. The molecule has 1 aliphatic heterocycles. The van der Waals surface area contributed by atoms with E-state index in [1.165, 1.54) is 6.07 Å². The van der Waals surface area contributed by atoms with E-state index in [-0.39, 0.29) is 23.3 Å². The van der Waals surface area contributed by atoms with Crippen molar-refractivity contribution in [3.8, 4) is 0 Å². The first-order valence-electron chi connectivity index (χ1n) is 6.28. The first-order chi connectivity index (χ1) is 9.11. The van der Waals surface area contributed by atoms with E-state index >= 15 is 0 Å². The Morgan fingerprint density at radius 1 is 1.55 bits per heavy atom. The summed E-state index contributed by atoms with van der Waals surface area (Å²) in [6.07, 6.45) is 1.97. The van der Waals surface area contributed by atoms with Crippen LogP contribution in [0.1, 0.15) is 23.2 Å². The van der Waals surface area contributed by atoms with Crippen molar-refractivity contribution in [2.75, 3.05) is 26.7 Å². The van der Waals surface area contributed by atoms with Crippen molar-refractivity contribution >= 4 is 34.7 Å². The molecule has 1 amide bonds. The minimum Gasteiger partial charge on any atom is -0.339 e. The molecule has 0 radical (unpaired) electrons. The van der Waals surface area contributed by atoms with Crippen molar-refractivity contribution in [2.24, 2.45) is 5.92 Å². The maximum absolute atomic E-state index is 12.2. The SMILES string of the molecule is CNCC1CCN(C(=O)c2csc([N+](=O)[O-])c2)CC1.Cl. The van der Waals surface area contributed by atoms with Gasteiger partial charge in [-0.1, -0.05) is 11.3 Å². The van der Waals surface area contributed by atoms with E-state index in [0.717, 1.165) is 43.8 Å². The largest absolute Gasteiger partial charge is 0.339 e. The van der Waals surface area contributed by atoms with E-state index in [2.05, 4.69) is 5.32 Å². The number of likely N-dealkylation sites (tertiary alicyclic amines) is 1. The number of carbonyl (C=O) groups excluding carboxylic acids is 1. The molecule has 8 heteroatoms. The third-order valence-electron chi connectivity index (χ3n) is 3.41. The van der Waals surface area contributed by atoms with Crippen LogP contribution in [0.5, 0.6) is 0 Å². The average molecular weight is 320 g/mol. The molecule has 0 spiro atoms. The molecule has 1 aromatic rings. The molecule has 0 unspecified atom stereocenters. The Bertz CT molecular complexity index is 472. The maximum atomic E-state index is 12.2. The molecular formula is C12H18ClN3O3S. The number of halogens is 1. The minimum absolute atomic E-state index is 0. The molecule has 0 aliphatic carbocycles. The smallest absolute Gasteiger partial charge is 0.324 e. The summed E-state index contributed by atoms with van der Waals surface area (Å²) in [6.45, 7) is 2.44. The van der Waals surface area contributed by atoms with Gasteiger partial charge in [-0.05, 0) is 32.4 Å². The van der Waals surface area contributed by atoms with Gasteiger partial charge in [0.25, 0.3) is 5.91 Å². The first-order valence-corrected chi connectivity index (χ1v) is 7.16. The van der Waals surface area contributed by atoms with Crippen LogP contribution >= 0.6 is 23.7 Å². The average Bonchev–Trinajstić information content (AvgIpc) is 2.89. The highest BCUT2D eigenvalue weighted by molar-refractivity contribution is 7.13. The summed E-state index contributed by atoms with van der Waals surface area (Å²) in [6, 6.07) is 1.37. The number of hydrogen-bond acceptors (Lipinski definition) is 5. The summed E-state index contributed by atoms with van der Waals surface area (Å²) in [7, 11) is 1.93. The number of thiophene rings is 1. The van der Waals surface area contributed by atoms with Crippen LogP contribution in [0.4, 0.5) is 5.00 Å². The van der Waals surface area contributed by atoms with Gasteiger partial charge < -0.3 is 10.2 Å². The van der Waals surface area contributed by atoms with Crippen LogP contribution in [0.25, 0.3) is 0 Å². The van der Waals surface area contributed by atoms with Crippen molar-refractivity contribution in [2.45, 2.75) is 12.8 Å². The van der Waals surface area contributed by atoms with Crippen LogP contribution in [0.3, 0.4) is 0 Å². The molecule has 20 heavy (non-hydrogen) atoms. The lowest BCUT2D eigenvalue weighted by molar-refractivity contribution is -0.380. The Kier molecular flexibility index (Phi) is 6.38. The van der Waals surface area contributed by atoms with E-state index in [0.29, 0.717) is 11.5 Å². The highest BCUT2D eigenvalue weighted by Gasteiger charge is 2.25. The van der Waals surface area contributed by atoms with Gasteiger partial charge in [0.2, 0.25) is 0 Å². The van der Waals surface area contributed by atoms with Gasteiger partial charge in [-0.2, -0.15) is 0 Å². The molecule has 1 N–H and O–H groups in total. The normalized spacial score (nSPS) is 15.8. The van der Waals surface area contributed by atoms with Gasteiger partial charge in [-0.25, -0.2) is 0 Å². The lowest BCUT2D eigenvalue weighted by atomic mass is 9.96. The van der Waals surface area contributed by atoms with E-state index in [1.54, 1.807) is 10.3 Å². The zero-order chi connectivity index (χ0) is 13.8. The molecule has 1 aromatic heterocycles. The molecule has 1 aliphatic rings. The minimum atomic E-state index is -0.458. The summed E-state index contributed by atoms with van der Waals surface area (Å²) >= 11 is 1.00. The molecule has 1 saturated heterocycles. The first kappa shape index (κ1) is 16.9. The van der Waals surface area contributed by atoms with Gasteiger partial charge in [0, 0.05) is 24.5 Å². The molecule has 0 saturated carbocycles. The standard InChI is InChI=1S/C12H17N3O3S.ClH/c1-13-7-9-2-4-14(5-3-9)12(16)10-6-11(15(17)18)19-8-10;/h6,8-9,13H,2-5,7H2,1H3;1H. The third-order valence-corrected chi connectivity index (χ3v) is 4.29.